The third-order valence-corrected chi connectivity index (χ3v) is 5.98. The number of anilines is 2. The number of fused-ring (bicyclic) bond motifs is 1. The van der Waals surface area contributed by atoms with Gasteiger partial charge in [-0.15, -0.1) is 0 Å². The number of ether oxygens (including phenoxy) is 1. The van der Waals surface area contributed by atoms with Gasteiger partial charge in [0.15, 0.2) is 0 Å². The molecule has 33 heavy (non-hydrogen) atoms. The van der Waals surface area contributed by atoms with E-state index in [2.05, 4.69) is 56.8 Å². The number of morpholine rings is 1. The average Bonchev–Trinajstić information content (AvgIpc) is 3.18. The standard InChI is InChI=1S/C26H30N6O/c1-18(2)32-23-9-5-4-8-21(23)30-26(32)17-31-13-14-33-24(16-31)22-12-11-20(15-27-22)29-25-10-6-7-19(3)28-25/h4-12,15,18,24H,13-14,16-17H2,1-3H3,(H,28,29). The average molecular weight is 443 g/mol. The summed E-state index contributed by atoms with van der Waals surface area (Å²) in [4.78, 5) is 16.5. The number of nitrogens with zero attached hydrogens (tertiary/aromatic N) is 5. The lowest BCUT2D eigenvalue weighted by Crippen LogP contribution is -2.38. The summed E-state index contributed by atoms with van der Waals surface area (Å²) in [6.07, 6.45) is 1.79. The van der Waals surface area contributed by atoms with Crippen molar-refractivity contribution >= 4 is 22.5 Å². The summed E-state index contributed by atoms with van der Waals surface area (Å²) in [5.41, 5.74) is 5.08. The molecule has 1 aliphatic rings. The molecule has 0 bridgehead atoms. The molecule has 1 atom stereocenters. The van der Waals surface area contributed by atoms with E-state index < -0.39 is 0 Å². The van der Waals surface area contributed by atoms with E-state index in [-0.39, 0.29) is 6.10 Å². The second kappa shape index (κ2) is 9.29. The van der Waals surface area contributed by atoms with Crippen molar-refractivity contribution in [2.45, 2.75) is 39.5 Å². The molecular weight excluding hydrogens is 412 g/mol. The highest BCUT2D eigenvalue weighted by Crippen LogP contribution is 2.26. The Morgan fingerprint density at radius 3 is 2.73 bits per heavy atom. The van der Waals surface area contributed by atoms with Gasteiger partial charge in [0.05, 0.1) is 41.8 Å². The van der Waals surface area contributed by atoms with Crippen LogP contribution in [0.3, 0.4) is 0 Å². The first kappa shape index (κ1) is 21.6. The third-order valence-electron chi connectivity index (χ3n) is 5.98. The SMILES string of the molecule is Cc1cccc(Nc2ccc(C3CN(Cc4nc5ccccc5n4C(C)C)CCO3)nc2)n1. The molecule has 0 radical (unpaired) electrons. The Morgan fingerprint density at radius 1 is 1.06 bits per heavy atom. The van der Waals surface area contributed by atoms with Gasteiger partial charge in [0.25, 0.3) is 0 Å². The van der Waals surface area contributed by atoms with Gasteiger partial charge in [-0.1, -0.05) is 18.2 Å². The van der Waals surface area contributed by atoms with Crippen LogP contribution in [0.25, 0.3) is 11.0 Å². The van der Waals surface area contributed by atoms with Crippen molar-refractivity contribution < 1.29 is 4.74 Å². The zero-order valence-electron chi connectivity index (χ0n) is 19.4. The van der Waals surface area contributed by atoms with Crippen LogP contribution < -0.4 is 5.32 Å². The van der Waals surface area contributed by atoms with Crippen molar-refractivity contribution in [2.75, 3.05) is 25.0 Å². The molecule has 0 amide bonds. The molecule has 4 aromatic rings. The van der Waals surface area contributed by atoms with E-state index in [9.17, 15) is 0 Å². The minimum Gasteiger partial charge on any atom is -0.369 e. The monoisotopic (exact) mass is 442 g/mol. The van der Waals surface area contributed by atoms with Crippen molar-refractivity contribution in [3.63, 3.8) is 0 Å². The molecule has 3 aromatic heterocycles. The van der Waals surface area contributed by atoms with E-state index >= 15 is 0 Å². The first-order valence-electron chi connectivity index (χ1n) is 11.5. The number of aromatic nitrogens is 4. The molecule has 7 nitrogen and oxygen atoms in total. The van der Waals surface area contributed by atoms with Crippen LogP contribution in [0.1, 0.15) is 43.2 Å². The van der Waals surface area contributed by atoms with Crippen LogP contribution in [0.2, 0.25) is 0 Å². The summed E-state index contributed by atoms with van der Waals surface area (Å²) in [5, 5.41) is 3.31. The lowest BCUT2D eigenvalue weighted by Gasteiger charge is -2.32. The molecule has 1 saturated heterocycles. The van der Waals surface area contributed by atoms with Crippen molar-refractivity contribution in [3.8, 4) is 0 Å². The Hall–Kier alpha value is -3.29. The maximum atomic E-state index is 6.08. The molecule has 1 N–H and O–H groups in total. The Balaban J connectivity index is 1.28. The number of pyridine rings is 2. The largest absolute Gasteiger partial charge is 0.369 e. The van der Waals surface area contributed by atoms with Crippen LogP contribution in [0.15, 0.2) is 60.8 Å². The Kier molecular flexibility index (Phi) is 6.07. The van der Waals surface area contributed by atoms with Crippen molar-refractivity contribution in [1.82, 2.24) is 24.4 Å². The van der Waals surface area contributed by atoms with Gasteiger partial charge in [0, 0.05) is 24.8 Å². The van der Waals surface area contributed by atoms with E-state index in [4.69, 9.17) is 9.72 Å². The maximum Gasteiger partial charge on any atom is 0.130 e. The summed E-state index contributed by atoms with van der Waals surface area (Å²) in [6, 6.07) is 18.7. The van der Waals surface area contributed by atoms with Gasteiger partial charge in [0.1, 0.15) is 17.7 Å². The first-order valence-corrected chi connectivity index (χ1v) is 11.5. The Bertz CT molecular complexity index is 1230. The van der Waals surface area contributed by atoms with Crippen LogP contribution >= 0.6 is 0 Å². The topological polar surface area (TPSA) is 68.1 Å². The van der Waals surface area contributed by atoms with Gasteiger partial charge in [-0.3, -0.25) is 9.88 Å². The van der Waals surface area contributed by atoms with Gasteiger partial charge in [-0.25, -0.2) is 9.97 Å². The predicted octanol–water partition coefficient (Wildman–Crippen LogP) is 5.03. The quantitative estimate of drug-likeness (QED) is 0.452. The van der Waals surface area contributed by atoms with Crippen LogP contribution in [0.5, 0.6) is 0 Å². The summed E-state index contributed by atoms with van der Waals surface area (Å²) in [5.74, 6) is 1.92. The van der Waals surface area contributed by atoms with Crippen LogP contribution in [-0.2, 0) is 11.3 Å². The van der Waals surface area contributed by atoms with E-state index in [1.54, 1.807) is 0 Å². The fourth-order valence-electron chi connectivity index (χ4n) is 4.44. The lowest BCUT2D eigenvalue weighted by molar-refractivity contribution is -0.0360. The maximum absolute atomic E-state index is 6.08. The smallest absolute Gasteiger partial charge is 0.130 e. The van der Waals surface area contributed by atoms with Crippen LogP contribution in [-0.4, -0.2) is 44.1 Å². The summed E-state index contributed by atoms with van der Waals surface area (Å²) in [6.45, 7) is 9.57. The second-order valence-corrected chi connectivity index (χ2v) is 8.84. The molecule has 4 heterocycles. The highest BCUT2D eigenvalue weighted by molar-refractivity contribution is 5.76. The Labute approximate surface area is 194 Å². The fraction of sp³-hybridized carbons (Fsp3) is 0.346. The highest BCUT2D eigenvalue weighted by atomic mass is 16.5. The molecule has 0 spiro atoms. The lowest BCUT2D eigenvalue weighted by atomic mass is 10.2. The van der Waals surface area contributed by atoms with Crippen molar-refractivity contribution in [3.05, 3.63) is 78.0 Å². The molecule has 1 aliphatic heterocycles. The van der Waals surface area contributed by atoms with E-state index in [1.807, 2.05) is 49.5 Å². The molecule has 170 valence electrons. The summed E-state index contributed by atoms with van der Waals surface area (Å²) >= 11 is 0. The minimum atomic E-state index is -0.0539. The number of para-hydroxylation sites is 2. The number of rotatable bonds is 6. The van der Waals surface area contributed by atoms with Crippen molar-refractivity contribution in [2.24, 2.45) is 0 Å². The van der Waals surface area contributed by atoms with Gasteiger partial charge < -0.3 is 14.6 Å². The van der Waals surface area contributed by atoms with Crippen LogP contribution in [0, 0.1) is 6.92 Å². The molecule has 1 aromatic carbocycles. The minimum absolute atomic E-state index is 0.0539. The number of imidazole rings is 1. The molecule has 1 unspecified atom stereocenters. The molecule has 7 heteroatoms. The predicted molar refractivity (Wildman–Crippen MR) is 131 cm³/mol. The number of hydrogen-bond acceptors (Lipinski definition) is 6. The molecule has 5 rings (SSSR count). The van der Waals surface area contributed by atoms with Gasteiger partial charge in [0.2, 0.25) is 0 Å². The van der Waals surface area contributed by atoms with E-state index in [1.165, 1.54) is 5.52 Å². The molecule has 0 aliphatic carbocycles. The van der Waals surface area contributed by atoms with Gasteiger partial charge in [-0.2, -0.15) is 0 Å². The summed E-state index contributed by atoms with van der Waals surface area (Å²) in [7, 11) is 0. The van der Waals surface area contributed by atoms with E-state index in [0.717, 1.165) is 53.9 Å². The van der Waals surface area contributed by atoms with E-state index in [0.29, 0.717) is 12.6 Å². The van der Waals surface area contributed by atoms with Crippen molar-refractivity contribution in [1.29, 1.82) is 0 Å². The zero-order valence-corrected chi connectivity index (χ0v) is 19.4. The molecule has 0 saturated carbocycles. The normalized spacial score (nSPS) is 17.0. The molecular formula is C26H30N6O. The van der Waals surface area contributed by atoms with Gasteiger partial charge in [-0.05, 0) is 57.2 Å². The highest BCUT2D eigenvalue weighted by Gasteiger charge is 2.25. The summed E-state index contributed by atoms with van der Waals surface area (Å²) < 4.78 is 8.42. The number of benzene rings is 1. The number of nitrogens with one attached hydrogen (secondary N) is 1. The zero-order chi connectivity index (χ0) is 22.8. The fourth-order valence-corrected chi connectivity index (χ4v) is 4.44. The third kappa shape index (κ3) is 4.74. The first-order chi connectivity index (χ1) is 16.1. The van der Waals surface area contributed by atoms with Crippen LogP contribution in [0.4, 0.5) is 11.5 Å². The molecule has 1 fully saturated rings. The van der Waals surface area contributed by atoms with Gasteiger partial charge >= 0.3 is 0 Å². The number of aryl methyl sites for hydroxylation is 1. The Morgan fingerprint density at radius 2 is 1.94 bits per heavy atom. The number of hydrogen-bond donors (Lipinski definition) is 1. The second-order valence-electron chi connectivity index (χ2n) is 8.84.